The third-order valence-corrected chi connectivity index (χ3v) is 6.73. The van der Waals surface area contributed by atoms with Gasteiger partial charge in [0.25, 0.3) is 11.8 Å². The van der Waals surface area contributed by atoms with E-state index in [0.717, 1.165) is 36.1 Å². The minimum atomic E-state index is -0.214. The van der Waals surface area contributed by atoms with Crippen molar-refractivity contribution < 1.29 is 14.3 Å². The number of rotatable bonds is 6. The number of methoxy groups -OCH3 is 1. The number of nitrogens with one attached hydrogen (secondary N) is 1. The van der Waals surface area contributed by atoms with E-state index in [1.165, 1.54) is 7.11 Å². The molecule has 3 aromatic carbocycles. The van der Waals surface area contributed by atoms with Gasteiger partial charge in [0.15, 0.2) is 0 Å². The lowest BCUT2D eigenvalue weighted by Crippen LogP contribution is -2.32. The Bertz CT molecular complexity index is 1240. The summed E-state index contributed by atoms with van der Waals surface area (Å²) in [6, 6.07) is 18.2. The van der Waals surface area contributed by atoms with Crippen LogP contribution in [0.2, 0.25) is 5.02 Å². The highest BCUT2D eigenvalue weighted by Crippen LogP contribution is 2.39. The number of anilines is 2. The van der Waals surface area contributed by atoms with Crippen LogP contribution in [0.5, 0.6) is 5.75 Å². The number of aryl methyl sites for hydroxylation is 1. The molecule has 182 valence electrons. The molecule has 1 aliphatic rings. The van der Waals surface area contributed by atoms with Crippen LogP contribution in [0, 0.1) is 6.92 Å². The van der Waals surface area contributed by atoms with Gasteiger partial charge in [-0.15, -0.1) is 0 Å². The van der Waals surface area contributed by atoms with Gasteiger partial charge in [-0.1, -0.05) is 29.8 Å². The van der Waals surface area contributed by atoms with Crippen LogP contribution in [0.1, 0.15) is 57.0 Å². The first-order valence-corrected chi connectivity index (χ1v) is 12.2. The van der Waals surface area contributed by atoms with E-state index in [2.05, 4.69) is 5.32 Å². The summed E-state index contributed by atoms with van der Waals surface area (Å²) < 4.78 is 5.57. The number of hydrogen-bond donors (Lipinski definition) is 2. The smallest absolute Gasteiger partial charge is 0.262 e. The summed E-state index contributed by atoms with van der Waals surface area (Å²) in [6.07, 6.45) is 2.64. The van der Waals surface area contributed by atoms with E-state index in [1.807, 2.05) is 43.3 Å². The normalized spacial score (nSPS) is 15.2. The summed E-state index contributed by atoms with van der Waals surface area (Å²) in [4.78, 5) is 28.3. The fourth-order valence-corrected chi connectivity index (χ4v) is 4.88. The van der Waals surface area contributed by atoms with E-state index in [9.17, 15) is 9.59 Å². The minimum Gasteiger partial charge on any atom is -0.496 e. The number of fused-ring (bicyclic) bond motifs is 1. The molecule has 3 N–H and O–H groups in total. The number of nitrogens with two attached hydrogens (primary N) is 1. The van der Waals surface area contributed by atoms with Crippen LogP contribution >= 0.6 is 11.6 Å². The van der Waals surface area contributed by atoms with Crippen molar-refractivity contribution in [1.29, 1.82) is 0 Å². The summed E-state index contributed by atoms with van der Waals surface area (Å²) in [5.41, 5.74) is 10.2. The van der Waals surface area contributed by atoms with Crippen molar-refractivity contribution in [2.75, 3.05) is 30.4 Å². The van der Waals surface area contributed by atoms with Crippen LogP contribution in [0.3, 0.4) is 0 Å². The first-order chi connectivity index (χ1) is 16.9. The summed E-state index contributed by atoms with van der Waals surface area (Å²) >= 11 is 6.31. The molecule has 0 radical (unpaired) electrons. The topological polar surface area (TPSA) is 84.7 Å². The lowest BCUT2D eigenvalue weighted by molar-refractivity contribution is 0.0983. The number of benzene rings is 3. The number of amides is 2. The number of nitrogens with zero attached hydrogens (tertiary/aromatic N) is 1. The van der Waals surface area contributed by atoms with Crippen molar-refractivity contribution in [1.82, 2.24) is 0 Å². The van der Waals surface area contributed by atoms with E-state index < -0.39 is 0 Å². The van der Waals surface area contributed by atoms with Crippen molar-refractivity contribution in [3.05, 3.63) is 87.9 Å². The lowest BCUT2D eigenvalue weighted by atomic mass is 9.91. The predicted molar refractivity (Wildman–Crippen MR) is 141 cm³/mol. The first kappa shape index (κ1) is 24.8. The molecule has 2 amide bonds. The van der Waals surface area contributed by atoms with Gasteiger partial charge in [-0.2, -0.15) is 0 Å². The maximum absolute atomic E-state index is 13.7. The number of carbonyl (C=O) groups is 2. The molecule has 0 fully saturated rings. The zero-order chi connectivity index (χ0) is 24.9. The Labute approximate surface area is 211 Å². The quantitative estimate of drug-likeness (QED) is 0.457. The minimum absolute atomic E-state index is 0.157. The maximum Gasteiger partial charge on any atom is 0.262 e. The summed E-state index contributed by atoms with van der Waals surface area (Å²) in [7, 11) is 1.52. The van der Waals surface area contributed by atoms with Gasteiger partial charge in [-0.05, 0) is 86.2 Å². The lowest BCUT2D eigenvalue weighted by Gasteiger charge is -2.25. The van der Waals surface area contributed by atoms with E-state index in [0.29, 0.717) is 40.7 Å². The molecule has 1 heterocycles. The van der Waals surface area contributed by atoms with Crippen LogP contribution in [0.25, 0.3) is 0 Å². The summed E-state index contributed by atoms with van der Waals surface area (Å²) in [6.45, 7) is 3.05. The van der Waals surface area contributed by atoms with Crippen LogP contribution in [-0.2, 0) is 0 Å². The van der Waals surface area contributed by atoms with E-state index in [1.54, 1.807) is 29.2 Å². The molecule has 1 unspecified atom stereocenters. The zero-order valence-corrected chi connectivity index (χ0v) is 20.8. The molecule has 1 aliphatic heterocycles. The predicted octanol–water partition coefficient (Wildman–Crippen LogP) is 5.78. The molecule has 3 aromatic rings. The van der Waals surface area contributed by atoms with Gasteiger partial charge < -0.3 is 20.7 Å². The van der Waals surface area contributed by atoms with E-state index >= 15 is 0 Å². The Kier molecular flexibility index (Phi) is 7.73. The Hall–Kier alpha value is -3.35. The van der Waals surface area contributed by atoms with Gasteiger partial charge in [0, 0.05) is 34.6 Å². The highest BCUT2D eigenvalue weighted by Gasteiger charge is 2.28. The van der Waals surface area contributed by atoms with Crippen molar-refractivity contribution in [3.63, 3.8) is 0 Å². The third kappa shape index (κ3) is 5.34. The highest BCUT2D eigenvalue weighted by atomic mass is 35.5. The monoisotopic (exact) mass is 491 g/mol. The fraction of sp³-hybridized carbons (Fsp3) is 0.286. The largest absolute Gasteiger partial charge is 0.496 e. The Morgan fingerprint density at radius 2 is 1.91 bits per heavy atom. The number of carbonyl (C=O) groups excluding carboxylic acids is 2. The molecule has 35 heavy (non-hydrogen) atoms. The molecule has 4 rings (SSSR count). The summed E-state index contributed by atoms with van der Waals surface area (Å²) in [5.74, 6) is 0.285. The zero-order valence-electron chi connectivity index (χ0n) is 20.0. The second-order valence-corrected chi connectivity index (χ2v) is 9.20. The van der Waals surface area contributed by atoms with Gasteiger partial charge in [0.1, 0.15) is 5.75 Å². The average molecular weight is 492 g/mol. The molecule has 0 saturated heterocycles. The Morgan fingerprint density at radius 1 is 1.11 bits per heavy atom. The molecular weight excluding hydrogens is 462 g/mol. The first-order valence-electron chi connectivity index (χ1n) is 11.8. The molecule has 0 aliphatic carbocycles. The van der Waals surface area contributed by atoms with Crippen molar-refractivity contribution >= 4 is 34.8 Å². The second-order valence-electron chi connectivity index (χ2n) is 8.76. The van der Waals surface area contributed by atoms with E-state index in [4.69, 9.17) is 22.1 Å². The van der Waals surface area contributed by atoms with Crippen LogP contribution < -0.4 is 20.7 Å². The van der Waals surface area contributed by atoms with Gasteiger partial charge in [-0.25, -0.2) is 0 Å². The standard InChI is InChI=1S/C28H30ClN3O3/c1-18-6-3-4-8-22(18)27(33)31-21-10-11-23(26(17-21)35-2)28(34)32-15-5-7-19(13-14-30)24-16-20(29)9-12-25(24)32/h3-4,6,8-12,16-17,19H,5,7,13-15,30H2,1-2H3,(H,31,33). The van der Waals surface area contributed by atoms with Gasteiger partial charge in [0.2, 0.25) is 0 Å². The Morgan fingerprint density at radius 3 is 2.66 bits per heavy atom. The van der Waals surface area contributed by atoms with Crippen molar-refractivity contribution in [3.8, 4) is 5.75 Å². The molecule has 6 nitrogen and oxygen atoms in total. The van der Waals surface area contributed by atoms with E-state index in [-0.39, 0.29) is 17.7 Å². The molecule has 1 atom stereocenters. The number of ether oxygens (including phenoxy) is 1. The average Bonchev–Trinajstić information content (AvgIpc) is 3.03. The molecule has 7 heteroatoms. The molecule has 0 aromatic heterocycles. The van der Waals surface area contributed by atoms with Crippen LogP contribution in [0.15, 0.2) is 60.7 Å². The molecule has 0 saturated carbocycles. The third-order valence-electron chi connectivity index (χ3n) is 6.49. The molecule has 0 spiro atoms. The highest BCUT2D eigenvalue weighted by molar-refractivity contribution is 6.30. The second kappa shape index (κ2) is 10.9. The van der Waals surface area contributed by atoms with Gasteiger partial charge in [-0.3, -0.25) is 9.59 Å². The SMILES string of the molecule is COc1cc(NC(=O)c2ccccc2C)ccc1C(=O)N1CCCC(CCN)c2cc(Cl)ccc21. The fourth-order valence-electron chi connectivity index (χ4n) is 4.70. The summed E-state index contributed by atoms with van der Waals surface area (Å²) in [5, 5.41) is 3.55. The van der Waals surface area contributed by atoms with Crippen LogP contribution in [-0.4, -0.2) is 32.0 Å². The van der Waals surface area contributed by atoms with Crippen molar-refractivity contribution in [2.45, 2.75) is 32.1 Å². The van der Waals surface area contributed by atoms with Gasteiger partial charge in [0.05, 0.1) is 12.7 Å². The number of halogens is 1. The Balaban J connectivity index is 1.63. The van der Waals surface area contributed by atoms with Gasteiger partial charge >= 0.3 is 0 Å². The molecular formula is C28H30ClN3O3. The van der Waals surface area contributed by atoms with Crippen molar-refractivity contribution in [2.24, 2.45) is 5.73 Å². The molecule has 0 bridgehead atoms. The number of hydrogen-bond acceptors (Lipinski definition) is 4. The maximum atomic E-state index is 13.7. The van der Waals surface area contributed by atoms with Crippen LogP contribution in [0.4, 0.5) is 11.4 Å².